The zero-order valence-corrected chi connectivity index (χ0v) is 15.2. The highest BCUT2D eigenvalue weighted by Gasteiger charge is 2.34. The first-order valence-corrected chi connectivity index (χ1v) is 8.84. The zero-order valence-electron chi connectivity index (χ0n) is 14.4. The van der Waals surface area contributed by atoms with Crippen LogP contribution < -0.4 is 15.4 Å². The van der Waals surface area contributed by atoms with Gasteiger partial charge in [-0.2, -0.15) is 0 Å². The van der Waals surface area contributed by atoms with E-state index in [1.807, 2.05) is 18.2 Å². The van der Waals surface area contributed by atoms with E-state index < -0.39 is 0 Å². The number of fused-ring (bicyclic) bond motifs is 2. The van der Waals surface area contributed by atoms with Crippen LogP contribution in [0.4, 0.5) is 5.69 Å². The Balaban J connectivity index is 0.00000196. The molecule has 1 aromatic heterocycles. The summed E-state index contributed by atoms with van der Waals surface area (Å²) in [4.78, 5) is 20.4. The molecule has 2 fully saturated rings. The SMILES string of the molecule is Cl.O=C(CC1CC2CCC(C1)N2)Nc1cccc(Oc2cnccn2)c1. The number of amides is 1. The summed E-state index contributed by atoms with van der Waals surface area (Å²) < 4.78 is 5.65. The number of ether oxygens (including phenoxy) is 1. The lowest BCUT2D eigenvalue weighted by Gasteiger charge is -2.28. The molecule has 7 heteroatoms. The van der Waals surface area contributed by atoms with E-state index in [0.29, 0.717) is 36.1 Å². The van der Waals surface area contributed by atoms with Gasteiger partial charge in [-0.1, -0.05) is 6.07 Å². The van der Waals surface area contributed by atoms with E-state index in [1.54, 1.807) is 24.7 Å². The van der Waals surface area contributed by atoms with Gasteiger partial charge in [0.25, 0.3) is 0 Å². The molecule has 0 radical (unpaired) electrons. The second-order valence-electron chi connectivity index (χ2n) is 6.90. The van der Waals surface area contributed by atoms with Gasteiger partial charge >= 0.3 is 0 Å². The topological polar surface area (TPSA) is 76.1 Å². The van der Waals surface area contributed by atoms with Gasteiger partial charge in [-0.05, 0) is 43.7 Å². The number of carbonyl (C=O) groups is 1. The van der Waals surface area contributed by atoms with Gasteiger partial charge in [0.1, 0.15) is 5.75 Å². The average Bonchev–Trinajstić information content (AvgIpc) is 2.94. The molecule has 4 rings (SSSR count). The van der Waals surface area contributed by atoms with Crippen molar-refractivity contribution >= 4 is 24.0 Å². The molecule has 1 amide bonds. The number of benzene rings is 1. The number of piperidine rings is 1. The van der Waals surface area contributed by atoms with Crippen LogP contribution >= 0.6 is 12.4 Å². The fourth-order valence-electron chi connectivity index (χ4n) is 3.91. The molecule has 2 atom stereocenters. The number of hydrogen-bond donors (Lipinski definition) is 2. The lowest BCUT2D eigenvalue weighted by atomic mass is 9.89. The summed E-state index contributed by atoms with van der Waals surface area (Å²) in [5.74, 6) is 1.61. The van der Waals surface area contributed by atoms with Crippen molar-refractivity contribution < 1.29 is 9.53 Å². The molecule has 2 aliphatic rings. The third-order valence-electron chi connectivity index (χ3n) is 4.92. The largest absolute Gasteiger partial charge is 0.437 e. The van der Waals surface area contributed by atoms with Gasteiger partial charge in [0.15, 0.2) is 0 Å². The van der Waals surface area contributed by atoms with Crippen molar-refractivity contribution in [1.29, 1.82) is 0 Å². The summed E-state index contributed by atoms with van der Waals surface area (Å²) in [6.07, 6.45) is 10.0. The number of hydrogen-bond acceptors (Lipinski definition) is 5. The molecule has 2 unspecified atom stereocenters. The van der Waals surface area contributed by atoms with Crippen molar-refractivity contribution in [2.75, 3.05) is 5.32 Å². The summed E-state index contributed by atoms with van der Waals surface area (Å²) >= 11 is 0. The van der Waals surface area contributed by atoms with Crippen LogP contribution in [-0.2, 0) is 4.79 Å². The molecule has 6 nitrogen and oxygen atoms in total. The second-order valence-corrected chi connectivity index (χ2v) is 6.90. The molecule has 0 aliphatic carbocycles. The quantitative estimate of drug-likeness (QED) is 0.837. The molecule has 0 spiro atoms. The highest BCUT2D eigenvalue weighted by Crippen LogP contribution is 2.33. The first kappa shape index (κ1) is 18.6. The molecule has 2 saturated heterocycles. The van der Waals surface area contributed by atoms with E-state index in [-0.39, 0.29) is 18.3 Å². The highest BCUT2D eigenvalue weighted by atomic mass is 35.5. The Labute approximate surface area is 159 Å². The molecule has 2 bridgehead atoms. The Morgan fingerprint density at radius 3 is 2.77 bits per heavy atom. The monoisotopic (exact) mass is 374 g/mol. The Kier molecular flexibility index (Phi) is 6.06. The maximum atomic E-state index is 12.4. The fourth-order valence-corrected chi connectivity index (χ4v) is 3.91. The number of aromatic nitrogens is 2. The Morgan fingerprint density at radius 1 is 1.23 bits per heavy atom. The summed E-state index contributed by atoms with van der Waals surface area (Å²) in [6, 6.07) is 8.58. The van der Waals surface area contributed by atoms with E-state index in [4.69, 9.17) is 4.74 Å². The lowest BCUT2D eigenvalue weighted by Crippen LogP contribution is -2.39. The lowest BCUT2D eigenvalue weighted by molar-refractivity contribution is -0.117. The molecule has 2 aliphatic heterocycles. The molecule has 138 valence electrons. The van der Waals surface area contributed by atoms with Gasteiger partial charge in [-0.3, -0.25) is 9.78 Å². The Hall–Kier alpha value is -2.18. The van der Waals surface area contributed by atoms with Crippen LogP contribution in [0.2, 0.25) is 0 Å². The predicted octanol–water partition coefficient (Wildman–Crippen LogP) is 3.55. The van der Waals surface area contributed by atoms with Crippen LogP contribution in [0.15, 0.2) is 42.9 Å². The van der Waals surface area contributed by atoms with Crippen molar-refractivity contribution in [3.63, 3.8) is 0 Å². The summed E-state index contributed by atoms with van der Waals surface area (Å²) in [5, 5.41) is 6.60. The third kappa shape index (κ3) is 4.71. The summed E-state index contributed by atoms with van der Waals surface area (Å²) in [5.41, 5.74) is 0.739. The maximum Gasteiger partial charge on any atom is 0.237 e. The summed E-state index contributed by atoms with van der Waals surface area (Å²) in [7, 11) is 0. The van der Waals surface area contributed by atoms with Crippen LogP contribution in [0.25, 0.3) is 0 Å². The van der Waals surface area contributed by atoms with E-state index in [1.165, 1.54) is 12.8 Å². The van der Waals surface area contributed by atoms with Crippen molar-refractivity contribution in [3.8, 4) is 11.6 Å². The zero-order chi connectivity index (χ0) is 17.1. The Morgan fingerprint density at radius 2 is 2.04 bits per heavy atom. The van der Waals surface area contributed by atoms with Crippen LogP contribution in [0, 0.1) is 5.92 Å². The predicted molar refractivity (Wildman–Crippen MR) is 102 cm³/mol. The van der Waals surface area contributed by atoms with Crippen LogP contribution in [0.1, 0.15) is 32.1 Å². The minimum atomic E-state index is 0. The van der Waals surface area contributed by atoms with Gasteiger partial charge in [0.05, 0.1) is 6.20 Å². The van der Waals surface area contributed by atoms with Gasteiger partial charge in [0, 0.05) is 42.7 Å². The molecule has 26 heavy (non-hydrogen) atoms. The first-order chi connectivity index (χ1) is 12.2. The number of rotatable bonds is 5. The van der Waals surface area contributed by atoms with E-state index >= 15 is 0 Å². The number of halogens is 1. The van der Waals surface area contributed by atoms with Crippen molar-refractivity contribution in [2.45, 2.75) is 44.2 Å². The highest BCUT2D eigenvalue weighted by molar-refractivity contribution is 5.91. The molecule has 3 heterocycles. The number of carbonyl (C=O) groups excluding carboxylic acids is 1. The van der Waals surface area contributed by atoms with Gasteiger partial charge in [-0.15, -0.1) is 12.4 Å². The van der Waals surface area contributed by atoms with Gasteiger partial charge in [0.2, 0.25) is 11.8 Å². The minimum Gasteiger partial charge on any atom is -0.437 e. The van der Waals surface area contributed by atoms with Crippen LogP contribution in [-0.4, -0.2) is 28.0 Å². The molecule has 1 aromatic carbocycles. The fraction of sp³-hybridized carbons (Fsp3) is 0.421. The van der Waals surface area contributed by atoms with Gasteiger partial charge < -0.3 is 15.4 Å². The molecule has 2 N–H and O–H groups in total. The smallest absolute Gasteiger partial charge is 0.237 e. The molecular formula is C19H23ClN4O2. The number of nitrogens with zero attached hydrogens (tertiary/aromatic N) is 2. The van der Waals surface area contributed by atoms with Crippen molar-refractivity contribution in [2.24, 2.45) is 5.92 Å². The van der Waals surface area contributed by atoms with E-state index in [0.717, 1.165) is 18.5 Å². The molecular weight excluding hydrogens is 352 g/mol. The Bertz CT molecular complexity index is 731. The van der Waals surface area contributed by atoms with Crippen LogP contribution in [0.3, 0.4) is 0 Å². The number of nitrogens with one attached hydrogen (secondary N) is 2. The van der Waals surface area contributed by atoms with E-state index in [9.17, 15) is 4.79 Å². The first-order valence-electron chi connectivity index (χ1n) is 8.84. The minimum absolute atomic E-state index is 0. The molecule has 0 saturated carbocycles. The van der Waals surface area contributed by atoms with Crippen molar-refractivity contribution in [1.82, 2.24) is 15.3 Å². The van der Waals surface area contributed by atoms with Crippen molar-refractivity contribution in [3.05, 3.63) is 42.9 Å². The molecule has 2 aromatic rings. The normalized spacial score (nSPS) is 23.8. The summed E-state index contributed by atoms with van der Waals surface area (Å²) in [6.45, 7) is 0. The number of anilines is 1. The standard InChI is InChI=1S/C19H22N4O2.ClH/c24-18(10-13-8-15-4-5-16(9-13)22-15)23-14-2-1-3-17(11-14)25-19-12-20-6-7-21-19;/h1-3,6-7,11-13,15-16,22H,4-5,8-10H2,(H,23,24);1H. The third-order valence-corrected chi connectivity index (χ3v) is 4.92. The second kappa shape index (κ2) is 8.47. The van der Waals surface area contributed by atoms with Crippen LogP contribution in [0.5, 0.6) is 11.6 Å². The average molecular weight is 375 g/mol. The maximum absolute atomic E-state index is 12.4. The van der Waals surface area contributed by atoms with E-state index in [2.05, 4.69) is 20.6 Å². The van der Waals surface area contributed by atoms with Gasteiger partial charge in [-0.25, -0.2) is 4.98 Å².